The summed E-state index contributed by atoms with van der Waals surface area (Å²) in [6.07, 6.45) is 2.40. The van der Waals surface area contributed by atoms with Crippen LogP contribution < -0.4 is 9.47 Å². The normalized spacial score (nSPS) is 11.9. The van der Waals surface area contributed by atoms with Gasteiger partial charge in [0.1, 0.15) is 5.82 Å². The summed E-state index contributed by atoms with van der Waals surface area (Å²) in [6.45, 7) is 3.94. The molecule has 0 aliphatic carbocycles. The van der Waals surface area contributed by atoms with Gasteiger partial charge in [-0.3, -0.25) is 9.59 Å². The highest BCUT2D eigenvalue weighted by Crippen LogP contribution is 2.30. The Morgan fingerprint density at radius 2 is 1.79 bits per heavy atom. The van der Waals surface area contributed by atoms with Crippen LogP contribution in [0.15, 0.2) is 48.5 Å². The smallest absolute Gasteiger partial charge is 0.262 e. The molecule has 28 heavy (non-hydrogen) atoms. The van der Waals surface area contributed by atoms with Crippen molar-refractivity contribution >= 4 is 17.8 Å². The zero-order valence-corrected chi connectivity index (χ0v) is 16.4. The number of likely N-dealkylation sites (N-methyl/N-ethyl adjacent to an activating group) is 1. The van der Waals surface area contributed by atoms with Crippen molar-refractivity contribution in [3.8, 4) is 11.5 Å². The molecule has 0 unspecified atom stereocenters. The molecule has 5 nitrogen and oxygen atoms in total. The van der Waals surface area contributed by atoms with E-state index in [9.17, 15) is 14.0 Å². The van der Waals surface area contributed by atoms with Gasteiger partial charge in [0, 0.05) is 19.7 Å². The van der Waals surface area contributed by atoms with E-state index in [1.165, 1.54) is 35.2 Å². The molecule has 2 aromatic rings. The number of carbonyl (C=O) groups excluding carboxylic acids is 2. The van der Waals surface area contributed by atoms with Crippen LogP contribution in [-0.2, 0) is 4.79 Å². The number of halogens is 1. The molecular weight excluding hydrogens is 361 g/mol. The van der Waals surface area contributed by atoms with Crippen molar-refractivity contribution in [1.29, 1.82) is 0 Å². The summed E-state index contributed by atoms with van der Waals surface area (Å²) >= 11 is 0. The molecule has 0 saturated heterocycles. The van der Waals surface area contributed by atoms with Crippen molar-refractivity contribution in [3.05, 3.63) is 65.5 Å². The van der Waals surface area contributed by atoms with Gasteiger partial charge in [0.05, 0.1) is 6.61 Å². The minimum absolute atomic E-state index is 0.156. The molecule has 0 N–H and O–H groups in total. The molecule has 1 atom stereocenters. The maximum Gasteiger partial charge on any atom is 0.262 e. The molecule has 1 amide bonds. The number of amides is 1. The van der Waals surface area contributed by atoms with Gasteiger partial charge in [0.15, 0.2) is 23.4 Å². The Hall–Kier alpha value is -3.15. The van der Waals surface area contributed by atoms with E-state index in [-0.39, 0.29) is 17.5 Å². The maximum absolute atomic E-state index is 13.0. The van der Waals surface area contributed by atoms with E-state index >= 15 is 0 Å². The molecule has 0 aliphatic rings. The van der Waals surface area contributed by atoms with Crippen LogP contribution in [0, 0.1) is 5.82 Å². The highest BCUT2D eigenvalue weighted by molar-refractivity contribution is 6.06. The lowest BCUT2D eigenvalue weighted by Crippen LogP contribution is -2.35. The number of carbonyl (C=O) groups is 2. The fraction of sp³-hybridized carbons (Fsp3) is 0.273. The van der Waals surface area contributed by atoms with Gasteiger partial charge < -0.3 is 14.4 Å². The Balaban J connectivity index is 2.17. The molecule has 0 radical (unpaired) electrons. The predicted molar refractivity (Wildman–Crippen MR) is 106 cm³/mol. The Kier molecular flexibility index (Phi) is 7.32. The van der Waals surface area contributed by atoms with Gasteiger partial charge in [-0.2, -0.15) is 0 Å². The van der Waals surface area contributed by atoms with Crippen LogP contribution in [0.2, 0.25) is 0 Å². The maximum atomic E-state index is 13.0. The average Bonchev–Trinajstić information content (AvgIpc) is 2.67. The number of ether oxygens (including phenoxy) is 2. The van der Waals surface area contributed by atoms with E-state index in [1.54, 1.807) is 45.3 Å². The second-order valence-electron chi connectivity index (χ2n) is 6.34. The second-order valence-corrected chi connectivity index (χ2v) is 6.34. The number of hydrogen-bond donors (Lipinski definition) is 0. The summed E-state index contributed by atoms with van der Waals surface area (Å²) in [7, 11) is 3.33. The van der Waals surface area contributed by atoms with Crippen molar-refractivity contribution in [1.82, 2.24) is 4.90 Å². The standard InChI is InChI=1S/C22H24FNO4/c1-5-27-21-14-16(6-12-19(25)17-8-10-18(23)11-9-17)7-13-20(21)28-15(2)22(26)24(3)4/h6-15H,5H2,1-4H3/b12-6+/t15-/m0/s1. The van der Waals surface area contributed by atoms with Crippen LogP contribution in [0.25, 0.3) is 6.08 Å². The molecule has 2 rings (SSSR count). The highest BCUT2D eigenvalue weighted by atomic mass is 19.1. The molecule has 6 heteroatoms. The third-order valence-corrected chi connectivity index (χ3v) is 3.92. The Bertz CT molecular complexity index is 859. The largest absolute Gasteiger partial charge is 0.490 e. The van der Waals surface area contributed by atoms with Crippen LogP contribution in [0.5, 0.6) is 11.5 Å². The van der Waals surface area contributed by atoms with E-state index < -0.39 is 6.10 Å². The number of hydrogen-bond acceptors (Lipinski definition) is 4. The average molecular weight is 385 g/mol. The van der Waals surface area contributed by atoms with E-state index in [4.69, 9.17) is 9.47 Å². The molecule has 0 saturated carbocycles. The summed E-state index contributed by atoms with van der Waals surface area (Å²) in [5.41, 5.74) is 1.14. The number of ketones is 1. The molecule has 0 aromatic heterocycles. The summed E-state index contributed by atoms with van der Waals surface area (Å²) in [6, 6.07) is 10.6. The Morgan fingerprint density at radius 3 is 2.39 bits per heavy atom. The van der Waals surface area contributed by atoms with Crippen LogP contribution in [0.4, 0.5) is 4.39 Å². The first kappa shape index (κ1) is 21.2. The summed E-state index contributed by atoms with van der Waals surface area (Å²) in [5, 5.41) is 0. The predicted octanol–water partition coefficient (Wildman–Crippen LogP) is 3.98. The van der Waals surface area contributed by atoms with Crippen LogP contribution >= 0.6 is 0 Å². The third kappa shape index (κ3) is 5.67. The highest BCUT2D eigenvalue weighted by Gasteiger charge is 2.18. The topological polar surface area (TPSA) is 55.8 Å². The van der Waals surface area contributed by atoms with E-state index in [1.807, 2.05) is 6.92 Å². The lowest BCUT2D eigenvalue weighted by Gasteiger charge is -2.20. The summed E-state index contributed by atoms with van der Waals surface area (Å²) in [5.74, 6) is 0.156. The lowest BCUT2D eigenvalue weighted by atomic mass is 10.1. The van der Waals surface area contributed by atoms with Crippen LogP contribution in [0.1, 0.15) is 29.8 Å². The van der Waals surface area contributed by atoms with E-state index in [2.05, 4.69) is 0 Å². The minimum Gasteiger partial charge on any atom is -0.490 e. The first-order valence-corrected chi connectivity index (χ1v) is 8.94. The zero-order chi connectivity index (χ0) is 20.7. The van der Waals surface area contributed by atoms with Crippen LogP contribution in [-0.4, -0.2) is 43.4 Å². The fourth-order valence-corrected chi connectivity index (χ4v) is 2.48. The number of allylic oxidation sites excluding steroid dienone is 1. The van der Waals surface area contributed by atoms with Crippen LogP contribution in [0.3, 0.4) is 0 Å². The quantitative estimate of drug-likeness (QED) is 0.510. The van der Waals surface area contributed by atoms with E-state index in [0.717, 1.165) is 5.56 Å². The molecule has 0 spiro atoms. The summed E-state index contributed by atoms with van der Waals surface area (Å²) in [4.78, 5) is 25.6. The van der Waals surface area contributed by atoms with Crippen molar-refractivity contribution in [2.24, 2.45) is 0 Å². The molecule has 0 aliphatic heterocycles. The lowest BCUT2D eigenvalue weighted by molar-refractivity contribution is -0.135. The number of nitrogens with zero attached hydrogens (tertiary/aromatic N) is 1. The van der Waals surface area contributed by atoms with Gasteiger partial charge in [0.25, 0.3) is 5.91 Å². The first-order valence-electron chi connectivity index (χ1n) is 8.94. The molecular formula is C22H24FNO4. The fourth-order valence-electron chi connectivity index (χ4n) is 2.48. The number of benzene rings is 2. The SMILES string of the molecule is CCOc1cc(/C=C/C(=O)c2ccc(F)cc2)ccc1O[C@@H](C)C(=O)N(C)C. The van der Waals surface area contributed by atoms with Gasteiger partial charge in [-0.1, -0.05) is 12.1 Å². The zero-order valence-electron chi connectivity index (χ0n) is 16.4. The van der Waals surface area contributed by atoms with E-state index in [0.29, 0.717) is 23.7 Å². The van der Waals surface area contributed by atoms with Gasteiger partial charge in [-0.25, -0.2) is 4.39 Å². The Morgan fingerprint density at radius 1 is 1.11 bits per heavy atom. The Labute approximate surface area is 164 Å². The van der Waals surface area contributed by atoms with Gasteiger partial charge in [-0.15, -0.1) is 0 Å². The second kappa shape index (κ2) is 9.69. The molecule has 2 aromatic carbocycles. The molecule has 0 heterocycles. The number of rotatable bonds is 8. The first-order chi connectivity index (χ1) is 13.3. The van der Waals surface area contributed by atoms with Crippen molar-refractivity contribution < 1.29 is 23.5 Å². The van der Waals surface area contributed by atoms with Crippen molar-refractivity contribution in [2.75, 3.05) is 20.7 Å². The van der Waals surface area contributed by atoms with Gasteiger partial charge >= 0.3 is 0 Å². The molecule has 0 bridgehead atoms. The summed E-state index contributed by atoms with van der Waals surface area (Å²) < 4.78 is 24.3. The third-order valence-electron chi connectivity index (χ3n) is 3.92. The molecule has 148 valence electrons. The van der Waals surface area contributed by atoms with Crippen molar-refractivity contribution in [2.45, 2.75) is 20.0 Å². The van der Waals surface area contributed by atoms with Crippen molar-refractivity contribution in [3.63, 3.8) is 0 Å². The van der Waals surface area contributed by atoms with Gasteiger partial charge in [0.2, 0.25) is 0 Å². The minimum atomic E-state index is -0.657. The monoisotopic (exact) mass is 385 g/mol. The van der Waals surface area contributed by atoms with Gasteiger partial charge in [-0.05, 0) is 61.9 Å². The molecule has 0 fully saturated rings.